The summed E-state index contributed by atoms with van der Waals surface area (Å²) in [5, 5.41) is 23.4. The topological polar surface area (TPSA) is 73.2 Å². The molecule has 1 saturated carbocycles. The van der Waals surface area contributed by atoms with E-state index in [2.05, 4.69) is 36.9 Å². The average molecular weight is 515 g/mol. The van der Waals surface area contributed by atoms with E-state index in [4.69, 9.17) is 4.74 Å². The number of carbonyl (C=O) groups is 1. The number of carbonyl (C=O) groups excluding carboxylic acids is 1. The predicted molar refractivity (Wildman–Crippen MR) is 145 cm³/mol. The number of ether oxygens (including phenoxy) is 1. The summed E-state index contributed by atoms with van der Waals surface area (Å²) in [5.41, 5.74) is 4.01. The number of amides is 1. The molecule has 0 radical (unpaired) electrons. The Bertz CT molecular complexity index is 1350. The molecule has 2 fully saturated rings. The SMILES string of the molecule is Cc1ccc(CCC(=O)N(C)C2C=C[C@@]3(O)[C@H]4Cc5ccc(O)c6c5[C@@]3(CCN4CC3CC3)C2O6)cc1C. The second kappa shape index (κ2) is 8.33. The molecule has 2 aliphatic heterocycles. The Balaban J connectivity index is 1.22. The third-order valence-electron chi connectivity index (χ3n) is 10.4. The number of hydrogen-bond acceptors (Lipinski definition) is 5. The molecule has 2 bridgehead atoms. The predicted octanol–water partition coefficient (Wildman–Crippen LogP) is 3.81. The smallest absolute Gasteiger partial charge is 0.223 e. The number of phenols is 1. The largest absolute Gasteiger partial charge is 0.504 e. The maximum atomic E-state index is 13.5. The number of benzene rings is 2. The minimum absolute atomic E-state index is 0.0334. The summed E-state index contributed by atoms with van der Waals surface area (Å²) < 4.78 is 6.61. The summed E-state index contributed by atoms with van der Waals surface area (Å²) >= 11 is 0. The van der Waals surface area contributed by atoms with Crippen molar-refractivity contribution in [2.24, 2.45) is 5.92 Å². The van der Waals surface area contributed by atoms with Crippen LogP contribution in [0.2, 0.25) is 0 Å². The molecule has 6 nitrogen and oxygen atoms in total. The molecule has 5 atom stereocenters. The second-order valence-corrected chi connectivity index (χ2v) is 12.5. The van der Waals surface area contributed by atoms with Crippen molar-refractivity contribution in [2.45, 2.75) is 81.6 Å². The van der Waals surface area contributed by atoms with Crippen LogP contribution in [0.1, 0.15) is 53.5 Å². The number of hydrogen-bond donors (Lipinski definition) is 2. The lowest BCUT2D eigenvalue weighted by Crippen LogP contribution is -2.76. The normalized spacial score (nSPS) is 32.6. The van der Waals surface area contributed by atoms with Gasteiger partial charge in [-0.3, -0.25) is 9.69 Å². The number of piperidine rings is 1. The number of nitrogens with zero attached hydrogens (tertiary/aromatic N) is 2. The fraction of sp³-hybridized carbons (Fsp3) is 0.531. The lowest BCUT2D eigenvalue weighted by atomic mass is 9.50. The highest BCUT2D eigenvalue weighted by molar-refractivity contribution is 5.77. The number of aromatic hydroxyl groups is 1. The minimum Gasteiger partial charge on any atom is -0.504 e. The van der Waals surface area contributed by atoms with Crippen LogP contribution in [0.3, 0.4) is 0 Å². The van der Waals surface area contributed by atoms with Gasteiger partial charge in [-0.05, 0) is 86.7 Å². The molecule has 1 spiro atoms. The Morgan fingerprint density at radius 3 is 2.76 bits per heavy atom. The van der Waals surface area contributed by atoms with Crippen LogP contribution in [0.25, 0.3) is 0 Å². The molecule has 3 aliphatic carbocycles. The van der Waals surface area contributed by atoms with Crippen LogP contribution < -0.4 is 4.74 Å². The van der Waals surface area contributed by atoms with Gasteiger partial charge in [-0.2, -0.15) is 0 Å². The first kappa shape index (κ1) is 24.2. The van der Waals surface area contributed by atoms with Gasteiger partial charge in [-0.1, -0.05) is 36.4 Å². The van der Waals surface area contributed by atoms with Crippen molar-refractivity contribution < 1.29 is 19.7 Å². The Hall–Kier alpha value is -2.83. The van der Waals surface area contributed by atoms with Gasteiger partial charge in [0.25, 0.3) is 0 Å². The van der Waals surface area contributed by atoms with E-state index in [-0.39, 0.29) is 23.7 Å². The molecule has 5 aliphatic rings. The van der Waals surface area contributed by atoms with Crippen molar-refractivity contribution in [3.05, 3.63) is 70.3 Å². The second-order valence-electron chi connectivity index (χ2n) is 12.5. The van der Waals surface area contributed by atoms with Gasteiger partial charge in [-0.25, -0.2) is 0 Å². The summed E-state index contributed by atoms with van der Waals surface area (Å²) in [6, 6.07) is 9.78. The number of likely N-dealkylation sites (N-methyl/N-ethyl adjacent to an activating group) is 1. The summed E-state index contributed by atoms with van der Waals surface area (Å²) in [7, 11) is 1.86. The molecule has 38 heavy (non-hydrogen) atoms. The van der Waals surface area contributed by atoms with Crippen molar-refractivity contribution >= 4 is 5.91 Å². The van der Waals surface area contributed by atoms with E-state index >= 15 is 0 Å². The number of aliphatic hydroxyl groups is 1. The van der Waals surface area contributed by atoms with Crippen LogP contribution in [0.4, 0.5) is 0 Å². The first-order valence-electron chi connectivity index (χ1n) is 14.2. The van der Waals surface area contributed by atoms with Crippen LogP contribution in [0.5, 0.6) is 11.5 Å². The number of likely N-dealkylation sites (tertiary alicyclic amines) is 1. The number of rotatable bonds is 6. The first-order chi connectivity index (χ1) is 18.2. The van der Waals surface area contributed by atoms with E-state index < -0.39 is 17.1 Å². The number of phenolic OH excluding ortho intramolecular Hbond substituents is 1. The van der Waals surface area contributed by atoms with Gasteiger partial charge in [0.2, 0.25) is 5.91 Å². The van der Waals surface area contributed by atoms with E-state index in [0.717, 1.165) is 43.0 Å². The van der Waals surface area contributed by atoms with Crippen molar-refractivity contribution in [2.75, 3.05) is 20.1 Å². The third-order valence-corrected chi connectivity index (χ3v) is 10.4. The molecule has 2 heterocycles. The molecular formula is C32H38N2O4. The van der Waals surface area contributed by atoms with E-state index in [9.17, 15) is 15.0 Å². The lowest BCUT2D eigenvalue weighted by Gasteiger charge is -2.62. The molecule has 2 N–H and O–H groups in total. The minimum atomic E-state index is -1.10. The van der Waals surface area contributed by atoms with Gasteiger partial charge < -0.3 is 19.8 Å². The molecule has 2 unspecified atom stereocenters. The highest BCUT2D eigenvalue weighted by Crippen LogP contribution is 2.64. The summed E-state index contributed by atoms with van der Waals surface area (Å²) in [6.45, 7) is 6.13. The monoisotopic (exact) mass is 514 g/mol. The molecule has 2 aromatic rings. The fourth-order valence-corrected chi connectivity index (χ4v) is 7.90. The summed E-state index contributed by atoms with van der Waals surface area (Å²) in [4.78, 5) is 17.8. The highest BCUT2D eigenvalue weighted by atomic mass is 16.5. The van der Waals surface area contributed by atoms with Crippen molar-refractivity contribution in [1.82, 2.24) is 9.80 Å². The van der Waals surface area contributed by atoms with Gasteiger partial charge in [0, 0.05) is 31.6 Å². The van der Waals surface area contributed by atoms with Crippen molar-refractivity contribution in [3.8, 4) is 11.5 Å². The molecule has 2 aromatic carbocycles. The zero-order valence-electron chi connectivity index (χ0n) is 22.6. The summed E-state index contributed by atoms with van der Waals surface area (Å²) in [5.74, 6) is 1.42. The van der Waals surface area contributed by atoms with Crippen LogP contribution in [0.15, 0.2) is 42.5 Å². The zero-order valence-corrected chi connectivity index (χ0v) is 22.6. The van der Waals surface area contributed by atoms with Gasteiger partial charge >= 0.3 is 0 Å². The van der Waals surface area contributed by atoms with Crippen LogP contribution in [0, 0.1) is 19.8 Å². The number of aryl methyl sites for hydroxylation is 3. The molecule has 6 heteroatoms. The van der Waals surface area contributed by atoms with Crippen LogP contribution >= 0.6 is 0 Å². The van der Waals surface area contributed by atoms with Gasteiger partial charge in [-0.15, -0.1) is 0 Å². The maximum Gasteiger partial charge on any atom is 0.223 e. The van der Waals surface area contributed by atoms with Crippen LogP contribution in [-0.2, 0) is 23.1 Å². The standard InChI is InChI=1S/C32H38N2O4/c1-19-4-5-21(16-20(19)2)8-11-27(36)33(3)24-12-13-32(37)26-17-23-9-10-25(35)29-28(23)31(32,30(24)38-29)14-15-34(26)18-22-6-7-22/h4-5,9-10,12-13,16,22,24,26,30,35,37H,6-8,11,14-15,17-18H2,1-3H3/t24?,26-,30?,31+,32-/m1/s1. The van der Waals surface area contributed by atoms with Crippen molar-refractivity contribution in [1.29, 1.82) is 0 Å². The lowest BCUT2D eigenvalue weighted by molar-refractivity contribution is -0.156. The Morgan fingerprint density at radius 1 is 1.18 bits per heavy atom. The fourth-order valence-electron chi connectivity index (χ4n) is 7.90. The van der Waals surface area contributed by atoms with Crippen molar-refractivity contribution in [3.63, 3.8) is 0 Å². The zero-order chi connectivity index (χ0) is 26.4. The molecule has 1 amide bonds. The third kappa shape index (κ3) is 3.29. The van der Waals surface area contributed by atoms with Gasteiger partial charge in [0.1, 0.15) is 11.7 Å². The van der Waals surface area contributed by atoms with Gasteiger partial charge in [0.15, 0.2) is 11.5 Å². The van der Waals surface area contributed by atoms with E-state index in [1.807, 2.05) is 25.3 Å². The summed E-state index contributed by atoms with van der Waals surface area (Å²) in [6.07, 6.45) is 8.67. The first-order valence-corrected chi connectivity index (χ1v) is 14.2. The maximum absolute atomic E-state index is 13.5. The van der Waals surface area contributed by atoms with E-state index in [0.29, 0.717) is 18.6 Å². The quantitative estimate of drug-likeness (QED) is 0.574. The molecular weight excluding hydrogens is 476 g/mol. The Kier molecular flexibility index (Phi) is 5.31. The highest BCUT2D eigenvalue weighted by Gasteiger charge is 2.72. The molecule has 0 aromatic heterocycles. The Morgan fingerprint density at radius 2 is 2.00 bits per heavy atom. The van der Waals surface area contributed by atoms with Gasteiger partial charge in [0.05, 0.1) is 11.5 Å². The van der Waals surface area contributed by atoms with E-state index in [1.54, 1.807) is 11.0 Å². The van der Waals surface area contributed by atoms with Crippen LogP contribution in [-0.4, -0.2) is 69.8 Å². The Labute approximate surface area is 224 Å². The van der Waals surface area contributed by atoms with E-state index in [1.165, 1.54) is 29.5 Å². The molecule has 200 valence electrons. The average Bonchev–Trinajstić information content (AvgIpc) is 3.64. The molecule has 1 saturated heterocycles. The molecule has 7 rings (SSSR count).